The lowest BCUT2D eigenvalue weighted by molar-refractivity contribution is 0.0928. The molecule has 1 aliphatic rings. The van der Waals surface area contributed by atoms with E-state index in [1.807, 2.05) is 18.2 Å². The fraction of sp³-hybridized carbons (Fsp3) is 0.240. The van der Waals surface area contributed by atoms with E-state index in [-0.39, 0.29) is 17.1 Å². The number of hydrogen-bond donors (Lipinski definition) is 1. The molecule has 0 unspecified atom stereocenters. The van der Waals surface area contributed by atoms with Crippen LogP contribution in [0.25, 0.3) is 0 Å². The zero-order valence-electron chi connectivity index (χ0n) is 16.8. The number of amides is 1. The Morgan fingerprint density at radius 2 is 1.43 bits per heavy atom. The molecule has 0 radical (unpaired) electrons. The van der Waals surface area contributed by atoms with Crippen molar-refractivity contribution >= 4 is 15.7 Å². The minimum Gasteiger partial charge on any atom is -0.351 e. The van der Waals surface area contributed by atoms with E-state index >= 15 is 0 Å². The standard InChI is InChI=1S/C25H25NO3S/c27-24(26-19-25(16-7-17-25)22-8-3-1-4-9-22)21-14-12-20(13-15-21)18-30(28,29)23-10-5-2-6-11-23/h1-6,8-15H,7,16-19H2,(H,26,27). The summed E-state index contributed by atoms with van der Waals surface area (Å²) >= 11 is 0. The van der Waals surface area contributed by atoms with E-state index in [4.69, 9.17) is 0 Å². The van der Waals surface area contributed by atoms with Crippen molar-refractivity contribution in [1.82, 2.24) is 5.32 Å². The van der Waals surface area contributed by atoms with Gasteiger partial charge in [0, 0.05) is 17.5 Å². The van der Waals surface area contributed by atoms with Gasteiger partial charge in [0.1, 0.15) is 0 Å². The van der Waals surface area contributed by atoms with Gasteiger partial charge in [0.15, 0.2) is 9.84 Å². The van der Waals surface area contributed by atoms with Crippen LogP contribution in [0, 0.1) is 0 Å². The monoisotopic (exact) mass is 419 g/mol. The maximum atomic E-state index is 12.7. The summed E-state index contributed by atoms with van der Waals surface area (Å²) in [6.07, 6.45) is 3.33. The van der Waals surface area contributed by atoms with Crippen LogP contribution in [0.5, 0.6) is 0 Å². The Bertz CT molecular complexity index is 1100. The molecule has 3 aromatic rings. The molecule has 0 heterocycles. The first-order chi connectivity index (χ1) is 14.5. The number of carbonyl (C=O) groups is 1. The average Bonchev–Trinajstić information content (AvgIpc) is 2.74. The molecule has 3 aromatic carbocycles. The van der Waals surface area contributed by atoms with Crippen LogP contribution < -0.4 is 5.32 Å². The first-order valence-electron chi connectivity index (χ1n) is 10.2. The molecule has 1 aliphatic carbocycles. The van der Waals surface area contributed by atoms with Crippen LogP contribution in [0.2, 0.25) is 0 Å². The molecular formula is C25H25NO3S. The molecule has 4 nitrogen and oxygen atoms in total. The summed E-state index contributed by atoms with van der Waals surface area (Å²) in [5.74, 6) is -0.217. The quantitative estimate of drug-likeness (QED) is 0.613. The van der Waals surface area contributed by atoms with Crippen LogP contribution in [0.1, 0.15) is 40.7 Å². The van der Waals surface area contributed by atoms with Gasteiger partial charge in [-0.15, -0.1) is 0 Å². The molecule has 0 atom stereocenters. The molecule has 0 saturated heterocycles. The number of hydrogen-bond acceptors (Lipinski definition) is 3. The zero-order valence-corrected chi connectivity index (χ0v) is 17.6. The van der Waals surface area contributed by atoms with Crippen molar-refractivity contribution in [2.24, 2.45) is 0 Å². The molecule has 1 fully saturated rings. The van der Waals surface area contributed by atoms with Crippen LogP contribution >= 0.6 is 0 Å². The van der Waals surface area contributed by atoms with Gasteiger partial charge in [-0.3, -0.25) is 4.79 Å². The molecule has 4 rings (SSSR count). The molecular weight excluding hydrogens is 394 g/mol. The maximum absolute atomic E-state index is 12.7. The Morgan fingerprint density at radius 1 is 0.833 bits per heavy atom. The molecule has 1 saturated carbocycles. The van der Waals surface area contributed by atoms with Crippen LogP contribution in [0.15, 0.2) is 89.8 Å². The number of nitrogens with one attached hydrogen (secondary N) is 1. The van der Waals surface area contributed by atoms with Gasteiger partial charge in [-0.05, 0) is 48.2 Å². The Labute approximate surface area is 177 Å². The summed E-state index contributed by atoms with van der Waals surface area (Å²) in [4.78, 5) is 13.0. The van der Waals surface area contributed by atoms with E-state index in [1.165, 1.54) is 12.0 Å². The highest BCUT2D eigenvalue weighted by Gasteiger charge is 2.38. The summed E-state index contributed by atoms with van der Waals surface area (Å²) in [5.41, 5.74) is 2.51. The van der Waals surface area contributed by atoms with Crippen LogP contribution in [-0.2, 0) is 21.0 Å². The van der Waals surface area contributed by atoms with Crippen molar-refractivity contribution in [2.45, 2.75) is 35.3 Å². The van der Waals surface area contributed by atoms with E-state index in [0.717, 1.165) is 12.8 Å². The first kappa shape index (κ1) is 20.4. The minimum absolute atomic E-state index is 0.0284. The predicted molar refractivity (Wildman–Crippen MR) is 118 cm³/mol. The topological polar surface area (TPSA) is 63.2 Å². The van der Waals surface area contributed by atoms with Gasteiger partial charge in [-0.1, -0.05) is 67.1 Å². The molecule has 154 valence electrons. The summed E-state index contributed by atoms with van der Waals surface area (Å²) < 4.78 is 25.1. The third-order valence-corrected chi connectivity index (χ3v) is 7.66. The van der Waals surface area contributed by atoms with Gasteiger partial charge in [0.25, 0.3) is 5.91 Å². The highest BCUT2D eigenvalue weighted by atomic mass is 32.2. The summed E-state index contributed by atoms with van der Waals surface area (Å²) in [7, 11) is -3.40. The summed E-state index contributed by atoms with van der Waals surface area (Å²) in [6.45, 7) is 0.611. The second-order valence-corrected chi connectivity index (χ2v) is 9.94. The second-order valence-electron chi connectivity index (χ2n) is 7.95. The van der Waals surface area contributed by atoms with Gasteiger partial charge in [-0.25, -0.2) is 8.42 Å². The Morgan fingerprint density at radius 3 is 2.00 bits per heavy atom. The number of benzene rings is 3. The molecule has 0 spiro atoms. The van der Waals surface area contributed by atoms with Crippen molar-refractivity contribution in [2.75, 3.05) is 6.54 Å². The minimum atomic E-state index is -3.40. The van der Waals surface area contributed by atoms with Gasteiger partial charge in [0.05, 0.1) is 10.6 Å². The van der Waals surface area contributed by atoms with Crippen molar-refractivity contribution in [1.29, 1.82) is 0 Å². The number of carbonyl (C=O) groups excluding carboxylic acids is 1. The molecule has 1 N–H and O–H groups in total. The summed E-state index contributed by atoms with van der Waals surface area (Å²) in [6, 6.07) is 25.6. The Kier molecular flexibility index (Phi) is 5.73. The lowest BCUT2D eigenvalue weighted by Gasteiger charge is -2.42. The van der Waals surface area contributed by atoms with E-state index in [9.17, 15) is 13.2 Å². The molecule has 0 aliphatic heterocycles. The highest BCUT2D eigenvalue weighted by Crippen LogP contribution is 2.43. The molecule has 5 heteroatoms. The highest BCUT2D eigenvalue weighted by molar-refractivity contribution is 7.90. The fourth-order valence-electron chi connectivity index (χ4n) is 4.00. The van der Waals surface area contributed by atoms with Gasteiger partial charge < -0.3 is 5.32 Å². The largest absolute Gasteiger partial charge is 0.351 e. The van der Waals surface area contributed by atoms with Gasteiger partial charge in [0.2, 0.25) is 0 Å². The van der Waals surface area contributed by atoms with Crippen molar-refractivity contribution in [3.8, 4) is 0 Å². The van der Waals surface area contributed by atoms with Gasteiger partial charge >= 0.3 is 0 Å². The molecule has 30 heavy (non-hydrogen) atoms. The fourth-order valence-corrected chi connectivity index (χ4v) is 5.37. The SMILES string of the molecule is O=C(NCC1(c2ccccc2)CCC1)c1ccc(CS(=O)(=O)c2ccccc2)cc1. The van der Waals surface area contributed by atoms with Crippen molar-refractivity contribution in [3.05, 3.63) is 102 Å². The molecule has 0 bridgehead atoms. The van der Waals surface area contributed by atoms with E-state index in [2.05, 4.69) is 17.4 Å². The molecule has 1 amide bonds. The molecule has 0 aromatic heterocycles. The van der Waals surface area contributed by atoms with Crippen molar-refractivity contribution in [3.63, 3.8) is 0 Å². The third kappa shape index (κ3) is 4.31. The van der Waals surface area contributed by atoms with Crippen LogP contribution in [0.4, 0.5) is 0 Å². The lowest BCUT2D eigenvalue weighted by atomic mass is 9.64. The Balaban J connectivity index is 1.40. The van der Waals surface area contributed by atoms with E-state index in [1.54, 1.807) is 54.6 Å². The van der Waals surface area contributed by atoms with Crippen LogP contribution in [0.3, 0.4) is 0 Å². The van der Waals surface area contributed by atoms with E-state index < -0.39 is 9.84 Å². The van der Waals surface area contributed by atoms with Gasteiger partial charge in [-0.2, -0.15) is 0 Å². The predicted octanol–water partition coefficient (Wildman–Crippen LogP) is 4.51. The maximum Gasteiger partial charge on any atom is 0.251 e. The normalized spacial score (nSPS) is 15.2. The summed E-state index contributed by atoms with van der Waals surface area (Å²) in [5, 5.41) is 3.08. The second kappa shape index (κ2) is 8.44. The number of rotatable bonds is 7. The lowest BCUT2D eigenvalue weighted by Crippen LogP contribution is -2.45. The van der Waals surface area contributed by atoms with Crippen LogP contribution in [-0.4, -0.2) is 20.9 Å². The zero-order chi connectivity index (χ0) is 21.0. The van der Waals surface area contributed by atoms with E-state index in [0.29, 0.717) is 22.6 Å². The number of sulfone groups is 1. The van der Waals surface area contributed by atoms with Crippen molar-refractivity contribution < 1.29 is 13.2 Å². The third-order valence-electron chi connectivity index (χ3n) is 5.96. The smallest absolute Gasteiger partial charge is 0.251 e. The average molecular weight is 420 g/mol. The first-order valence-corrected chi connectivity index (χ1v) is 11.8. The Hall–Kier alpha value is -2.92.